The summed E-state index contributed by atoms with van der Waals surface area (Å²) in [6.07, 6.45) is 3.68. The van der Waals surface area contributed by atoms with Gasteiger partial charge in [-0.25, -0.2) is 9.59 Å². The molecule has 1 aliphatic heterocycles. The fourth-order valence-electron chi connectivity index (χ4n) is 4.91. The van der Waals surface area contributed by atoms with Gasteiger partial charge in [0.05, 0.1) is 0 Å². The number of aryl methyl sites for hydroxylation is 1. The van der Waals surface area contributed by atoms with Crippen LogP contribution in [0.5, 0.6) is 5.75 Å². The number of aliphatic hydroxyl groups excluding tert-OH is 1. The van der Waals surface area contributed by atoms with E-state index in [4.69, 9.17) is 24.5 Å². The van der Waals surface area contributed by atoms with E-state index < -0.39 is 18.0 Å². The number of thiophene rings is 1. The molecule has 1 fully saturated rings. The number of β-amino-alcohol motifs (C(OH)–C–C–N with tert-alkyl or cyclic N) is 1. The quantitative estimate of drug-likeness (QED) is 0.266. The molecular formula is C28H32N2O6S. The highest BCUT2D eigenvalue weighted by molar-refractivity contribution is 7.17. The highest BCUT2D eigenvalue weighted by Crippen LogP contribution is 2.35. The van der Waals surface area contributed by atoms with Gasteiger partial charge >= 0.3 is 11.9 Å². The van der Waals surface area contributed by atoms with Crippen molar-refractivity contribution in [3.8, 4) is 5.75 Å². The van der Waals surface area contributed by atoms with E-state index in [9.17, 15) is 5.11 Å². The monoisotopic (exact) mass is 524 g/mol. The smallest absolute Gasteiger partial charge is 0.414 e. The summed E-state index contributed by atoms with van der Waals surface area (Å²) < 4.78 is 7.34. The molecule has 0 unspecified atom stereocenters. The number of carboxylic acids is 2. The fourth-order valence-corrected chi connectivity index (χ4v) is 5.84. The predicted octanol–water partition coefficient (Wildman–Crippen LogP) is 4.85. The topological polar surface area (TPSA) is 123 Å². The number of likely N-dealkylation sites (tertiary alicyclic amines) is 1. The van der Waals surface area contributed by atoms with Gasteiger partial charge in [-0.3, -0.25) is 4.90 Å². The molecule has 0 bridgehead atoms. The van der Waals surface area contributed by atoms with Crippen molar-refractivity contribution in [2.75, 3.05) is 19.7 Å². The minimum atomic E-state index is -1.82. The number of hydrogen-bond donors (Lipinski definition) is 4. The van der Waals surface area contributed by atoms with Crippen molar-refractivity contribution >= 4 is 44.3 Å². The zero-order chi connectivity index (χ0) is 26.5. The molecule has 196 valence electrons. The molecule has 0 amide bonds. The Hall–Kier alpha value is -3.40. The molecule has 0 aliphatic carbocycles. The van der Waals surface area contributed by atoms with Gasteiger partial charge in [0.25, 0.3) is 0 Å². The molecule has 1 aliphatic rings. The number of carbonyl (C=O) groups is 2. The first-order valence-corrected chi connectivity index (χ1v) is 13.2. The third-order valence-corrected chi connectivity index (χ3v) is 7.97. The van der Waals surface area contributed by atoms with Crippen LogP contribution >= 0.6 is 11.3 Å². The third kappa shape index (κ3) is 6.49. The van der Waals surface area contributed by atoms with E-state index in [1.54, 1.807) is 0 Å². The Labute approximate surface area is 219 Å². The molecule has 2 aromatic carbocycles. The average molecular weight is 525 g/mol. The maximum Gasteiger partial charge on any atom is 0.414 e. The lowest BCUT2D eigenvalue weighted by Gasteiger charge is -2.38. The summed E-state index contributed by atoms with van der Waals surface area (Å²) in [5.41, 5.74) is 3.90. The standard InChI is InChI=1S/C26H30N2O2S.C2H2O4/c1-17-16-31-26-7-6-19(13-23(17)26)20-9-11-28(18(2)12-20)14-21(29)15-30-25-5-3-4-24-22(25)8-10-27-24;3-1(4)2(5)6/h3-8,10,13,16,18,20-21,27,29H,9,11-12,14-15H2,1-2H3;(H,3,4)(H,5,6)/t18-,20+,21+;/m1./s1. The summed E-state index contributed by atoms with van der Waals surface area (Å²) in [4.78, 5) is 23.8. The van der Waals surface area contributed by atoms with Crippen molar-refractivity contribution in [1.29, 1.82) is 0 Å². The molecule has 1 saturated heterocycles. The van der Waals surface area contributed by atoms with E-state index in [0.29, 0.717) is 25.1 Å². The van der Waals surface area contributed by atoms with Crippen LogP contribution in [-0.4, -0.2) is 69.0 Å². The molecule has 0 saturated carbocycles. The van der Waals surface area contributed by atoms with E-state index in [-0.39, 0.29) is 0 Å². The first kappa shape index (κ1) is 26.7. The number of benzene rings is 2. The van der Waals surface area contributed by atoms with Crippen molar-refractivity contribution in [2.24, 2.45) is 0 Å². The van der Waals surface area contributed by atoms with Crippen molar-refractivity contribution in [3.05, 3.63) is 65.2 Å². The molecule has 3 atom stereocenters. The van der Waals surface area contributed by atoms with E-state index >= 15 is 0 Å². The minimum absolute atomic E-state index is 0.311. The summed E-state index contributed by atoms with van der Waals surface area (Å²) in [7, 11) is 0. The van der Waals surface area contributed by atoms with Gasteiger partial charge in [-0.1, -0.05) is 12.1 Å². The summed E-state index contributed by atoms with van der Waals surface area (Å²) in [5, 5.41) is 30.1. The van der Waals surface area contributed by atoms with Gasteiger partial charge in [-0.15, -0.1) is 11.3 Å². The van der Waals surface area contributed by atoms with Gasteiger partial charge < -0.3 is 25.0 Å². The van der Waals surface area contributed by atoms with Crippen LogP contribution in [0.4, 0.5) is 0 Å². The molecule has 37 heavy (non-hydrogen) atoms. The van der Waals surface area contributed by atoms with E-state index in [0.717, 1.165) is 36.0 Å². The lowest BCUT2D eigenvalue weighted by atomic mass is 9.85. The van der Waals surface area contributed by atoms with Crippen molar-refractivity contribution in [3.63, 3.8) is 0 Å². The molecule has 9 heteroatoms. The van der Waals surface area contributed by atoms with Gasteiger partial charge in [-0.05, 0) is 91.4 Å². The van der Waals surface area contributed by atoms with Crippen molar-refractivity contribution in [2.45, 2.75) is 44.8 Å². The molecular weight excluding hydrogens is 492 g/mol. The number of piperidine rings is 1. The molecule has 8 nitrogen and oxygen atoms in total. The van der Waals surface area contributed by atoms with Gasteiger partial charge in [-0.2, -0.15) is 0 Å². The highest BCUT2D eigenvalue weighted by Gasteiger charge is 2.28. The Morgan fingerprint density at radius 2 is 1.95 bits per heavy atom. The van der Waals surface area contributed by atoms with Crippen LogP contribution < -0.4 is 4.74 Å². The number of aromatic amines is 1. The highest BCUT2D eigenvalue weighted by atomic mass is 32.1. The molecule has 2 aromatic heterocycles. The number of ether oxygens (including phenoxy) is 1. The fraction of sp³-hybridized carbons (Fsp3) is 0.357. The zero-order valence-corrected chi connectivity index (χ0v) is 21.7. The van der Waals surface area contributed by atoms with Crippen molar-refractivity contribution < 1.29 is 29.6 Å². The number of aromatic nitrogens is 1. The first-order valence-electron chi connectivity index (χ1n) is 12.3. The minimum Gasteiger partial charge on any atom is -0.490 e. The molecule has 5 rings (SSSR count). The number of nitrogens with zero attached hydrogens (tertiary/aromatic N) is 1. The Morgan fingerprint density at radius 1 is 1.16 bits per heavy atom. The molecule has 3 heterocycles. The van der Waals surface area contributed by atoms with Crippen LogP contribution in [0.15, 0.2) is 54.0 Å². The van der Waals surface area contributed by atoms with Gasteiger partial charge in [0, 0.05) is 34.4 Å². The summed E-state index contributed by atoms with van der Waals surface area (Å²) in [6.45, 7) is 6.46. The van der Waals surface area contributed by atoms with Crippen LogP contribution in [0.1, 0.15) is 36.8 Å². The normalized spacial score (nSPS) is 18.8. The molecule has 0 radical (unpaired) electrons. The maximum absolute atomic E-state index is 10.6. The molecule has 4 aromatic rings. The first-order chi connectivity index (χ1) is 17.7. The second-order valence-electron chi connectivity index (χ2n) is 9.51. The van der Waals surface area contributed by atoms with Gasteiger partial charge in [0.2, 0.25) is 0 Å². The number of aliphatic hydroxyl groups is 1. The SMILES string of the molecule is Cc1csc2ccc([C@H]3CCN(C[C@H](O)COc4cccc5[nH]ccc45)[C@H](C)C3)cc12.O=C(O)C(=O)O. The number of H-pyrrole nitrogens is 1. The largest absolute Gasteiger partial charge is 0.490 e. The number of fused-ring (bicyclic) bond motifs is 2. The second-order valence-corrected chi connectivity index (χ2v) is 10.4. The summed E-state index contributed by atoms with van der Waals surface area (Å²) in [6, 6.07) is 15.4. The third-order valence-electron chi connectivity index (χ3n) is 6.89. The molecule has 0 spiro atoms. The Bertz CT molecular complexity index is 1370. The number of rotatable bonds is 6. The number of aliphatic carboxylic acids is 2. The van der Waals surface area contributed by atoms with E-state index in [1.807, 2.05) is 41.8 Å². The Morgan fingerprint density at radius 3 is 2.68 bits per heavy atom. The van der Waals surface area contributed by atoms with Crippen LogP contribution in [0.25, 0.3) is 21.0 Å². The average Bonchev–Trinajstić information content (AvgIpc) is 3.51. The number of hydrogen-bond acceptors (Lipinski definition) is 6. The van der Waals surface area contributed by atoms with E-state index in [2.05, 4.69) is 47.3 Å². The predicted molar refractivity (Wildman–Crippen MR) is 145 cm³/mol. The van der Waals surface area contributed by atoms with Gasteiger partial charge in [0.1, 0.15) is 18.5 Å². The number of carboxylic acid groups (broad SMARTS) is 2. The lowest BCUT2D eigenvalue weighted by Crippen LogP contribution is -2.45. The van der Waals surface area contributed by atoms with Crippen molar-refractivity contribution in [1.82, 2.24) is 9.88 Å². The lowest BCUT2D eigenvalue weighted by molar-refractivity contribution is -0.159. The molecule has 4 N–H and O–H groups in total. The summed E-state index contributed by atoms with van der Waals surface area (Å²) >= 11 is 1.83. The van der Waals surface area contributed by atoms with Crippen LogP contribution in [0.3, 0.4) is 0 Å². The van der Waals surface area contributed by atoms with Gasteiger partial charge in [0.15, 0.2) is 0 Å². The Balaban J connectivity index is 0.000000480. The van der Waals surface area contributed by atoms with Crippen LogP contribution in [-0.2, 0) is 9.59 Å². The second kappa shape index (κ2) is 11.8. The van der Waals surface area contributed by atoms with E-state index in [1.165, 1.54) is 21.2 Å². The zero-order valence-electron chi connectivity index (χ0n) is 20.9. The van der Waals surface area contributed by atoms with Crippen LogP contribution in [0, 0.1) is 6.92 Å². The Kier molecular flexibility index (Phi) is 8.48. The number of nitrogens with one attached hydrogen (secondary N) is 1. The van der Waals surface area contributed by atoms with Crippen LogP contribution in [0.2, 0.25) is 0 Å². The maximum atomic E-state index is 10.6. The summed E-state index contributed by atoms with van der Waals surface area (Å²) in [5.74, 6) is -2.23.